The lowest BCUT2D eigenvalue weighted by Gasteiger charge is -2.36. The lowest BCUT2D eigenvalue weighted by Crippen LogP contribution is -2.51. The predicted octanol–water partition coefficient (Wildman–Crippen LogP) is 1.93. The van der Waals surface area contributed by atoms with Crippen molar-refractivity contribution in [2.75, 3.05) is 19.8 Å². The highest BCUT2D eigenvalue weighted by molar-refractivity contribution is 5.29. The largest absolute Gasteiger partial charge is 0.394 e. The molecular weight excluding hydrogens is 226 g/mol. The molecule has 1 aromatic carbocycles. The van der Waals surface area contributed by atoms with Crippen LogP contribution in [-0.2, 0) is 11.3 Å². The molecule has 1 saturated heterocycles. The minimum absolute atomic E-state index is 0.156. The number of nitrogens with one attached hydrogen (secondary N) is 1. The van der Waals surface area contributed by atoms with Crippen LogP contribution in [0.1, 0.15) is 29.5 Å². The summed E-state index contributed by atoms with van der Waals surface area (Å²) < 4.78 is 5.36. The highest BCUT2D eigenvalue weighted by Gasteiger charge is 2.31. The molecule has 0 aliphatic carbocycles. The van der Waals surface area contributed by atoms with E-state index < -0.39 is 0 Å². The summed E-state index contributed by atoms with van der Waals surface area (Å²) in [5.41, 5.74) is 3.76. The zero-order valence-electron chi connectivity index (χ0n) is 11.3. The monoisotopic (exact) mass is 249 g/mol. The number of benzene rings is 1. The van der Waals surface area contributed by atoms with Crippen LogP contribution < -0.4 is 5.32 Å². The van der Waals surface area contributed by atoms with Gasteiger partial charge in [0.2, 0.25) is 0 Å². The van der Waals surface area contributed by atoms with Crippen LogP contribution in [0, 0.1) is 13.8 Å². The van der Waals surface area contributed by atoms with Crippen molar-refractivity contribution in [3.63, 3.8) is 0 Å². The van der Waals surface area contributed by atoms with E-state index in [4.69, 9.17) is 4.74 Å². The molecule has 0 bridgehead atoms. The minimum atomic E-state index is -0.156. The number of ether oxygens (including phenoxy) is 1. The molecule has 2 N–H and O–H groups in total. The Balaban J connectivity index is 1.98. The maximum absolute atomic E-state index is 9.60. The molecule has 1 aromatic rings. The number of aliphatic hydroxyl groups excluding tert-OH is 1. The Labute approximate surface area is 109 Å². The van der Waals surface area contributed by atoms with Crippen LogP contribution in [0.4, 0.5) is 0 Å². The van der Waals surface area contributed by atoms with E-state index in [2.05, 4.69) is 37.4 Å². The van der Waals surface area contributed by atoms with Gasteiger partial charge in [-0.3, -0.25) is 0 Å². The van der Waals surface area contributed by atoms with Gasteiger partial charge in [0.25, 0.3) is 0 Å². The smallest absolute Gasteiger partial charge is 0.0615 e. The lowest BCUT2D eigenvalue weighted by molar-refractivity contribution is 0.0111. The molecular formula is C15H23NO2. The molecule has 0 saturated carbocycles. The third kappa shape index (κ3) is 3.10. The zero-order valence-corrected chi connectivity index (χ0v) is 11.3. The summed E-state index contributed by atoms with van der Waals surface area (Å²) in [5, 5.41) is 13.1. The molecule has 0 spiro atoms. The van der Waals surface area contributed by atoms with Gasteiger partial charge < -0.3 is 15.2 Å². The summed E-state index contributed by atoms with van der Waals surface area (Å²) in [6.45, 7) is 6.72. The summed E-state index contributed by atoms with van der Waals surface area (Å²) >= 11 is 0. The van der Waals surface area contributed by atoms with Crippen LogP contribution >= 0.6 is 0 Å². The van der Waals surface area contributed by atoms with Crippen molar-refractivity contribution in [3.8, 4) is 0 Å². The molecule has 18 heavy (non-hydrogen) atoms. The second kappa shape index (κ2) is 5.83. The molecule has 1 aliphatic rings. The highest BCUT2D eigenvalue weighted by atomic mass is 16.5. The predicted molar refractivity (Wildman–Crippen MR) is 72.6 cm³/mol. The SMILES string of the molecule is Cc1ccc(CNC2(CO)CCOCC2)cc1C. The van der Waals surface area contributed by atoms with Crippen molar-refractivity contribution in [1.82, 2.24) is 5.32 Å². The van der Waals surface area contributed by atoms with Crippen LogP contribution in [-0.4, -0.2) is 30.5 Å². The van der Waals surface area contributed by atoms with Crippen molar-refractivity contribution in [2.24, 2.45) is 0 Å². The zero-order chi connectivity index (χ0) is 13.0. The van der Waals surface area contributed by atoms with E-state index in [1.165, 1.54) is 16.7 Å². The molecule has 3 heteroatoms. The van der Waals surface area contributed by atoms with Gasteiger partial charge >= 0.3 is 0 Å². The number of aryl methyl sites for hydroxylation is 2. The Morgan fingerprint density at radius 2 is 1.94 bits per heavy atom. The van der Waals surface area contributed by atoms with Crippen LogP contribution in [0.5, 0.6) is 0 Å². The van der Waals surface area contributed by atoms with Gasteiger partial charge in [-0.15, -0.1) is 0 Å². The van der Waals surface area contributed by atoms with E-state index in [1.807, 2.05) is 0 Å². The highest BCUT2D eigenvalue weighted by Crippen LogP contribution is 2.21. The van der Waals surface area contributed by atoms with Gasteiger partial charge in [0.1, 0.15) is 0 Å². The third-order valence-corrected chi connectivity index (χ3v) is 3.99. The second-order valence-electron chi connectivity index (χ2n) is 5.32. The van der Waals surface area contributed by atoms with Gasteiger partial charge in [-0.25, -0.2) is 0 Å². The van der Waals surface area contributed by atoms with Gasteiger partial charge in [0, 0.05) is 25.3 Å². The average Bonchev–Trinajstić information content (AvgIpc) is 2.41. The fourth-order valence-electron chi connectivity index (χ4n) is 2.36. The number of hydrogen-bond acceptors (Lipinski definition) is 3. The first-order valence-corrected chi connectivity index (χ1v) is 6.65. The number of rotatable bonds is 4. The van der Waals surface area contributed by atoms with Crippen molar-refractivity contribution in [2.45, 2.75) is 38.8 Å². The van der Waals surface area contributed by atoms with Crippen LogP contribution in [0.15, 0.2) is 18.2 Å². The first-order valence-electron chi connectivity index (χ1n) is 6.65. The first kappa shape index (κ1) is 13.5. The molecule has 3 nitrogen and oxygen atoms in total. The quantitative estimate of drug-likeness (QED) is 0.857. The summed E-state index contributed by atoms with van der Waals surface area (Å²) in [5.74, 6) is 0. The standard InChI is InChI=1S/C15H23NO2/c1-12-3-4-14(9-13(12)2)10-16-15(11-17)5-7-18-8-6-15/h3-4,9,16-17H,5-8,10-11H2,1-2H3. The molecule has 0 unspecified atom stereocenters. The third-order valence-electron chi connectivity index (χ3n) is 3.99. The van der Waals surface area contributed by atoms with E-state index in [0.717, 1.165) is 32.6 Å². The second-order valence-corrected chi connectivity index (χ2v) is 5.32. The topological polar surface area (TPSA) is 41.5 Å². The summed E-state index contributed by atoms with van der Waals surface area (Å²) in [7, 11) is 0. The first-order chi connectivity index (χ1) is 8.65. The van der Waals surface area contributed by atoms with E-state index in [9.17, 15) is 5.11 Å². The normalized spacial score (nSPS) is 18.8. The summed E-state index contributed by atoms with van der Waals surface area (Å²) in [6.07, 6.45) is 1.77. The van der Waals surface area contributed by atoms with Gasteiger partial charge in [-0.05, 0) is 43.4 Å². The molecule has 1 fully saturated rings. The maximum atomic E-state index is 9.60. The van der Waals surface area contributed by atoms with Crippen molar-refractivity contribution in [3.05, 3.63) is 34.9 Å². The number of aliphatic hydroxyl groups is 1. The molecule has 2 rings (SSSR count). The van der Waals surface area contributed by atoms with Crippen LogP contribution in [0.25, 0.3) is 0 Å². The maximum Gasteiger partial charge on any atom is 0.0615 e. The van der Waals surface area contributed by atoms with E-state index in [-0.39, 0.29) is 12.1 Å². The Morgan fingerprint density at radius 1 is 1.22 bits per heavy atom. The fraction of sp³-hybridized carbons (Fsp3) is 0.600. The molecule has 0 aromatic heterocycles. The van der Waals surface area contributed by atoms with Crippen LogP contribution in [0.3, 0.4) is 0 Å². The van der Waals surface area contributed by atoms with Crippen molar-refractivity contribution < 1.29 is 9.84 Å². The lowest BCUT2D eigenvalue weighted by atomic mass is 9.90. The Kier molecular flexibility index (Phi) is 4.38. The van der Waals surface area contributed by atoms with E-state index >= 15 is 0 Å². The Morgan fingerprint density at radius 3 is 2.56 bits per heavy atom. The molecule has 0 amide bonds. The van der Waals surface area contributed by atoms with Crippen molar-refractivity contribution in [1.29, 1.82) is 0 Å². The molecule has 1 heterocycles. The molecule has 100 valence electrons. The van der Waals surface area contributed by atoms with Gasteiger partial charge in [-0.1, -0.05) is 18.2 Å². The summed E-state index contributed by atoms with van der Waals surface area (Å²) in [6, 6.07) is 6.52. The Bertz CT molecular complexity index is 397. The molecule has 1 aliphatic heterocycles. The number of hydrogen-bond donors (Lipinski definition) is 2. The van der Waals surface area contributed by atoms with Gasteiger partial charge in [0.05, 0.1) is 6.61 Å². The Hall–Kier alpha value is -0.900. The fourth-order valence-corrected chi connectivity index (χ4v) is 2.36. The average molecular weight is 249 g/mol. The molecule has 0 radical (unpaired) electrons. The van der Waals surface area contributed by atoms with Gasteiger partial charge in [-0.2, -0.15) is 0 Å². The summed E-state index contributed by atoms with van der Waals surface area (Å²) in [4.78, 5) is 0. The minimum Gasteiger partial charge on any atom is -0.394 e. The van der Waals surface area contributed by atoms with E-state index in [1.54, 1.807) is 0 Å². The van der Waals surface area contributed by atoms with Crippen LogP contribution in [0.2, 0.25) is 0 Å². The van der Waals surface area contributed by atoms with E-state index in [0.29, 0.717) is 0 Å². The van der Waals surface area contributed by atoms with Crippen molar-refractivity contribution >= 4 is 0 Å². The van der Waals surface area contributed by atoms with Gasteiger partial charge in [0.15, 0.2) is 0 Å². The molecule has 0 atom stereocenters.